The van der Waals surface area contributed by atoms with Crippen molar-refractivity contribution in [3.8, 4) is 33.6 Å². The predicted molar refractivity (Wildman–Crippen MR) is 206 cm³/mol. The maximum atomic E-state index is 13.3. The van der Waals surface area contributed by atoms with Crippen molar-refractivity contribution in [3.63, 3.8) is 0 Å². The second-order valence-electron chi connectivity index (χ2n) is 13.9. The van der Waals surface area contributed by atoms with Gasteiger partial charge in [-0.05, 0) is 80.8 Å². The number of aryl methyl sites for hydroxylation is 1. The van der Waals surface area contributed by atoms with E-state index in [-0.39, 0.29) is 25.9 Å². The van der Waals surface area contributed by atoms with Crippen molar-refractivity contribution < 1.29 is 24.5 Å². The van der Waals surface area contributed by atoms with E-state index in [1.54, 1.807) is 11.3 Å². The Bertz CT molecular complexity index is 2190. The van der Waals surface area contributed by atoms with Crippen molar-refractivity contribution in [3.05, 3.63) is 139 Å². The first-order valence-corrected chi connectivity index (χ1v) is 20.8. The van der Waals surface area contributed by atoms with Crippen LogP contribution in [0.2, 0.25) is 19.6 Å². The Morgan fingerprint density at radius 2 is 1.47 bits per heavy atom. The molecule has 49 heavy (non-hydrogen) atoms. The summed E-state index contributed by atoms with van der Waals surface area (Å²) in [4.78, 5) is 9.20. The van der Waals surface area contributed by atoms with Gasteiger partial charge < -0.3 is 9.97 Å². The fraction of sp³-hybridized carbons (Fsp3) is 0.209. The molecule has 0 aliphatic carbocycles. The first kappa shape index (κ1) is 36.5. The van der Waals surface area contributed by atoms with Crippen molar-refractivity contribution >= 4 is 44.8 Å². The van der Waals surface area contributed by atoms with Gasteiger partial charge in [0.1, 0.15) is 5.82 Å². The maximum Gasteiger partial charge on any atom is 0.123 e. The first-order valence-electron chi connectivity index (χ1n) is 16.5. The van der Waals surface area contributed by atoms with Gasteiger partial charge in [-0.2, -0.15) is 11.3 Å². The van der Waals surface area contributed by atoms with E-state index in [2.05, 4.69) is 130 Å². The van der Waals surface area contributed by atoms with Crippen molar-refractivity contribution in [1.82, 2.24) is 9.97 Å². The van der Waals surface area contributed by atoms with Crippen LogP contribution >= 0.6 is 11.3 Å². The third-order valence-electron chi connectivity index (χ3n) is 9.07. The van der Waals surface area contributed by atoms with E-state index in [0.29, 0.717) is 11.8 Å². The van der Waals surface area contributed by atoms with Gasteiger partial charge in [-0.25, -0.2) is 4.39 Å². The number of fused-ring (bicyclic) bond motifs is 3. The van der Waals surface area contributed by atoms with Crippen LogP contribution in [0.1, 0.15) is 37.8 Å². The summed E-state index contributed by atoms with van der Waals surface area (Å²) >= 11 is 1.76. The quantitative estimate of drug-likeness (QED) is 0.123. The zero-order valence-electron chi connectivity index (χ0n) is 29.1. The van der Waals surface area contributed by atoms with E-state index in [9.17, 15) is 4.39 Å². The average Bonchev–Trinajstić information content (AvgIpc) is 3.45. The smallest absolute Gasteiger partial charge is 0.123 e. The van der Waals surface area contributed by atoms with Crippen molar-refractivity contribution in [1.29, 1.82) is 0 Å². The average molecular weight is 857 g/mol. The van der Waals surface area contributed by atoms with Crippen molar-refractivity contribution in [2.75, 3.05) is 0 Å². The zero-order valence-corrected chi connectivity index (χ0v) is 33.3. The van der Waals surface area contributed by atoms with E-state index in [4.69, 9.17) is 0 Å². The molecule has 0 bridgehead atoms. The normalized spacial score (nSPS) is 12.0. The number of hydrogen-bond acceptors (Lipinski definition) is 3. The fourth-order valence-electron chi connectivity index (χ4n) is 5.99. The molecule has 0 aliphatic heterocycles. The number of halogens is 1. The van der Waals surface area contributed by atoms with Crippen LogP contribution in [0, 0.1) is 30.8 Å². The maximum absolute atomic E-state index is 13.3. The minimum Gasteiger partial charge on any atom is -0.305 e. The van der Waals surface area contributed by atoms with Crippen LogP contribution in [0.15, 0.2) is 109 Å². The number of hydrogen-bond donors (Lipinski definition) is 0. The standard InChI is InChI=1S/C28H23FNS.C15H18NSi.Ir/c1-17(2)18(3)20-12-13-30-26(15-20)22-7-11-27-25(14-22)24-10-6-21(16-28(24)31-27)19-4-8-23(29)9-5-19;1-12-10-14(13-8-6-5-7-9-13)16-11-15(12)17(2,3)4;/h4-6,8-18H,1-3H3;5-8,10-11H,1-4H3;/q2*-1;. The van der Waals surface area contributed by atoms with Gasteiger partial charge in [0.05, 0.1) is 8.07 Å². The second kappa shape index (κ2) is 15.4. The zero-order chi connectivity index (χ0) is 34.0. The summed E-state index contributed by atoms with van der Waals surface area (Å²) in [5.74, 6) is 0.852. The van der Waals surface area contributed by atoms with E-state index in [1.165, 1.54) is 48.6 Å². The van der Waals surface area contributed by atoms with Gasteiger partial charge in [0, 0.05) is 37.2 Å². The SMILES string of the molecule is CC(C)C(C)c1ccnc(-c2[c-]cc3sc4cc(-c5ccc(F)cc5)ccc4c3c2)c1.Cc1cc(-c2[c-]cccc2)ncc1[Si](C)(C)C.[Ir]. The molecule has 7 aromatic rings. The summed E-state index contributed by atoms with van der Waals surface area (Å²) in [5, 5.41) is 3.90. The Labute approximate surface area is 308 Å². The van der Waals surface area contributed by atoms with Crippen molar-refractivity contribution in [2.24, 2.45) is 5.92 Å². The number of rotatable bonds is 6. The molecular formula is C43H41FIrN2SSi-2. The third kappa shape index (κ3) is 8.33. The molecule has 1 atom stereocenters. The monoisotopic (exact) mass is 857 g/mol. The molecule has 4 aromatic carbocycles. The molecule has 251 valence electrons. The van der Waals surface area contributed by atoms with Crippen LogP contribution in [-0.2, 0) is 20.1 Å². The molecule has 0 saturated heterocycles. The summed E-state index contributed by atoms with van der Waals surface area (Å²) in [6.07, 6.45) is 3.96. The van der Waals surface area contributed by atoms with Crippen LogP contribution in [-0.4, -0.2) is 18.0 Å². The molecule has 0 N–H and O–H groups in total. The molecule has 0 amide bonds. The molecule has 0 spiro atoms. The molecule has 3 aromatic heterocycles. The number of pyridine rings is 2. The van der Waals surface area contributed by atoms with Gasteiger partial charge in [0.15, 0.2) is 0 Å². The molecule has 0 fully saturated rings. The molecule has 7 rings (SSSR count). The van der Waals surface area contributed by atoms with E-state index in [0.717, 1.165) is 33.6 Å². The first-order chi connectivity index (χ1) is 23.0. The second-order valence-corrected chi connectivity index (χ2v) is 20.0. The minimum absolute atomic E-state index is 0. The van der Waals surface area contributed by atoms with Crippen molar-refractivity contribution in [2.45, 2.75) is 53.3 Å². The Morgan fingerprint density at radius 1 is 0.735 bits per heavy atom. The van der Waals surface area contributed by atoms with Crippen LogP contribution in [0.25, 0.3) is 53.8 Å². The van der Waals surface area contributed by atoms with Crippen LogP contribution in [0.4, 0.5) is 4.39 Å². The van der Waals surface area contributed by atoms with Crippen LogP contribution in [0.5, 0.6) is 0 Å². The Balaban J connectivity index is 0.000000221. The molecule has 0 saturated carbocycles. The summed E-state index contributed by atoms with van der Waals surface area (Å²) in [7, 11) is -1.27. The summed E-state index contributed by atoms with van der Waals surface area (Å²) in [6.45, 7) is 16.0. The molecule has 2 nitrogen and oxygen atoms in total. The van der Waals surface area contributed by atoms with E-state index in [1.807, 2.05) is 36.5 Å². The number of thiophene rings is 1. The fourth-order valence-corrected chi connectivity index (χ4v) is 8.81. The molecule has 1 unspecified atom stereocenters. The van der Waals surface area contributed by atoms with Gasteiger partial charge in [-0.15, -0.1) is 59.7 Å². The van der Waals surface area contributed by atoms with Gasteiger partial charge in [-0.3, -0.25) is 0 Å². The van der Waals surface area contributed by atoms with E-state index >= 15 is 0 Å². The summed E-state index contributed by atoms with van der Waals surface area (Å²) in [5.41, 5.74) is 8.86. The molecular weight excluding hydrogens is 816 g/mol. The van der Waals surface area contributed by atoms with Gasteiger partial charge >= 0.3 is 0 Å². The summed E-state index contributed by atoms with van der Waals surface area (Å²) in [6, 6.07) is 38.6. The topological polar surface area (TPSA) is 25.8 Å². The molecule has 0 aliphatic rings. The van der Waals surface area contributed by atoms with Gasteiger partial charge in [-0.1, -0.05) is 93.3 Å². The number of benzene rings is 4. The number of aromatic nitrogens is 2. The minimum atomic E-state index is -1.27. The summed E-state index contributed by atoms with van der Waals surface area (Å²) < 4.78 is 15.7. The Morgan fingerprint density at radius 3 is 2.14 bits per heavy atom. The Kier molecular flexibility index (Phi) is 11.5. The third-order valence-corrected chi connectivity index (χ3v) is 12.3. The molecule has 1 radical (unpaired) electrons. The van der Waals surface area contributed by atoms with Gasteiger partial charge in [0.2, 0.25) is 0 Å². The Hall–Kier alpha value is -3.80. The molecule has 3 heterocycles. The van der Waals surface area contributed by atoms with Crippen LogP contribution < -0.4 is 5.19 Å². The predicted octanol–water partition coefficient (Wildman–Crippen LogP) is 11.9. The van der Waals surface area contributed by atoms with Crippen LogP contribution in [0.3, 0.4) is 0 Å². The molecule has 6 heteroatoms. The van der Waals surface area contributed by atoms with Gasteiger partial charge in [0.25, 0.3) is 0 Å². The largest absolute Gasteiger partial charge is 0.305 e. The van der Waals surface area contributed by atoms with E-state index < -0.39 is 8.07 Å². The number of nitrogens with zero attached hydrogens (tertiary/aromatic N) is 2.